The van der Waals surface area contributed by atoms with E-state index in [1.54, 1.807) is 6.20 Å². The van der Waals surface area contributed by atoms with E-state index in [9.17, 15) is 0 Å². The SMILES string of the molecule is NNc1cn2ccnc2c(N2CCOC3CCCC32)n1. The number of rotatable bonds is 2. The van der Waals surface area contributed by atoms with Crippen molar-refractivity contribution in [3.05, 3.63) is 18.6 Å². The fourth-order valence-corrected chi connectivity index (χ4v) is 3.37. The molecule has 7 heteroatoms. The quantitative estimate of drug-likeness (QED) is 0.622. The average Bonchev–Trinajstić information content (AvgIpc) is 3.14. The van der Waals surface area contributed by atoms with Crippen molar-refractivity contribution in [3.8, 4) is 0 Å². The monoisotopic (exact) mass is 274 g/mol. The minimum atomic E-state index is 0.329. The van der Waals surface area contributed by atoms with Crippen molar-refractivity contribution < 1.29 is 4.74 Å². The Bertz CT molecular complexity index is 626. The van der Waals surface area contributed by atoms with Gasteiger partial charge in [-0.1, -0.05) is 0 Å². The van der Waals surface area contributed by atoms with Crippen LogP contribution in [0.4, 0.5) is 11.6 Å². The van der Waals surface area contributed by atoms with E-state index in [2.05, 4.69) is 20.3 Å². The summed E-state index contributed by atoms with van der Waals surface area (Å²) < 4.78 is 7.82. The molecule has 2 aliphatic rings. The Morgan fingerprint density at radius 1 is 1.40 bits per heavy atom. The molecular formula is C13H18N6O. The number of nitrogens with zero attached hydrogens (tertiary/aromatic N) is 4. The van der Waals surface area contributed by atoms with Gasteiger partial charge in [0.15, 0.2) is 17.3 Å². The Hall–Kier alpha value is -1.86. The minimum absolute atomic E-state index is 0.329. The lowest BCUT2D eigenvalue weighted by Gasteiger charge is -2.38. The molecule has 1 aliphatic carbocycles. The first kappa shape index (κ1) is 11.9. The molecule has 2 aromatic heterocycles. The van der Waals surface area contributed by atoms with Crippen molar-refractivity contribution in [2.75, 3.05) is 23.5 Å². The number of ether oxygens (including phenoxy) is 1. The maximum Gasteiger partial charge on any atom is 0.180 e. The predicted molar refractivity (Wildman–Crippen MR) is 75.5 cm³/mol. The predicted octanol–water partition coefficient (Wildman–Crippen LogP) is 0.773. The number of aromatic nitrogens is 3. The highest BCUT2D eigenvalue weighted by atomic mass is 16.5. The van der Waals surface area contributed by atoms with Crippen LogP contribution in [-0.4, -0.2) is 39.7 Å². The molecule has 2 atom stereocenters. The smallest absolute Gasteiger partial charge is 0.180 e. The lowest BCUT2D eigenvalue weighted by atomic mass is 10.1. The third-order valence-corrected chi connectivity index (χ3v) is 4.26. The molecule has 0 spiro atoms. The summed E-state index contributed by atoms with van der Waals surface area (Å²) in [7, 11) is 0. The summed E-state index contributed by atoms with van der Waals surface area (Å²) in [6.07, 6.45) is 9.38. The number of nitrogens with two attached hydrogens (primary N) is 1. The first-order valence-corrected chi connectivity index (χ1v) is 7.05. The Morgan fingerprint density at radius 2 is 2.35 bits per heavy atom. The topological polar surface area (TPSA) is 80.7 Å². The molecule has 0 bridgehead atoms. The van der Waals surface area contributed by atoms with Crippen LogP contribution in [-0.2, 0) is 4.74 Å². The summed E-state index contributed by atoms with van der Waals surface area (Å²) >= 11 is 0. The third-order valence-electron chi connectivity index (χ3n) is 4.26. The molecule has 1 aliphatic heterocycles. The normalized spacial score (nSPS) is 25.9. The molecule has 2 unspecified atom stereocenters. The second-order valence-electron chi connectivity index (χ2n) is 5.35. The van der Waals surface area contributed by atoms with E-state index >= 15 is 0 Å². The Labute approximate surface area is 116 Å². The molecule has 3 heterocycles. The van der Waals surface area contributed by atoms with Crippen LogP contribution < -0.4 is 16.2 Å². The van der Waals surface area contributed by atoms with E-state index in [0.717, 1.165) is 37.5 Å². The largest absolute Gasteiger partial charge is 0.374 e. The lowest BCUT2D eigenvalue weighted by Crippen LogP contribution is -2.49. The second kappa shape index (κ2) is 4.60. The molecule has 20 heavy (non-hydrogen) atoms. The van der Waals surface area contributed by atoms with Crippen molar-refractivity contribution in [2.24, 2.45) is 5.84 Å². The molecule has 2 fully saturated rings. The van der Waals surface area contributed by atoms with Crippen LogP contribution in [0.2, 0.25) is 0 Å². The number of nitrogens with one attached hydrogen (secondary N) is 1. The minimum Gasteiger partial charge on any atom is -0.374 e. The summed E-state index contributed by atoms with van der Waals surface area (Å²) in [6, 6.07) is 0.407. The van der Waals surface area contributed by atoms with Gasteiger partial charge >= 0.3 is 0 Å². The van der Waals surface area contributed by atoms with Gasteiger partial charge < -0.3 is 19.5 Å². The van der Waals surface area contributed by atoms with Gasteiger partial charge in [-0.25, -0.2) is 15.8 Å². The zero-order chi connectivity index (χ0) is 13.5. The van der Waals surface area contributed by atoms with E-state index in [4.69, 9.17) is 10.6 Å². The van der Waals surface area contributed by atoms with E-state index in [0.29, 0.717) is 18.0 Å². The van der Waals surface area contributed by atoms with Crippen LogP contribution in [0.1, 0.15) is 19.3 Å². The maximum absolute atomic E-state index is 5.87. The molecule has 0 aromatic carbocycles. The number of morpholine rings is 1. The highest BCUT2D eigenvalue weighted by molar-refractivity contribution is 5.67. The standard InChI is InChI=1S/C13H18N6O/c14-17-11-8-18-5-4-15-12(18)13(16-11)19-6-7-20-10-3-1-2-9(10)19/h4-5,8-10,17H,1-3,6-7,14H2. The van der Waals surface area contributed by atoms with Crippen LogP contribution in [0, 0.1) is 0 Å². The molecule has 4 rings (SSSR count). The van der Waals surface area contributed by atoms with Gasteiger partial charge in [-0.15, -0.1) is 0 Å². The Kier molecular flexibility index (Phi) is 2.75. The summed E-state index contributed by atoms with van der Waals surface area (Å²) in [5.41, 5.74) is 3.50. The summed E-state index contributed by atoms with van der Waals surface area (Å²) in [5.74, 6) is 7.06. The number of hydrazine groups is 1. The van der Waals surface area contributed by atoms with Crippen molar-refractivity contribution in [3.63, 3.8) is 0 Å². The Balaban J connectivity index is 1.81. The highest BCUT2D eigenvalue weighted by Crippen LogP contribution is 2.34. The van der Waals surface area contributed by atoms with Gasteiger partial charge in [0.1, 0.15) is 0 Å². The zero-order valence-electron chi connectivity index (χ0n) is 11.2. The van der Waals surface area contributed by atoms with Gasteiger partial charge in [0.25, 0.3) is 0 Å². The zero-order valence-corrected chi connectivity index (χ0v) is 11.2. The van der Waals surface area contributed by atoms with Crippen LogP contribution in [0.5, 0.6) is 0 Å². The van der Waals surface area contributed by atoms with Gasteiger partial charge in [0.2, 0.25) is 0 Å². The summed E-state index contributed by atoms with van der Waals surface area (Å²) in [6.45, 7) is 1.60. The molecule has 106 valence electrons. The molecular weight excluding hydrogens is 256 g/mol. The number of hydrogen-bond donors (Lipinski definition) is 2. The van der Waals surface area contributed by atoms with Crippen molar-refractivity contribution >= 4 is 17.3 Å². The maximum atomic E-state index is 5.87. The van der Waals surface area contributed by atoms with Gasteiger partial charge in [0, 0.05) is 18.9 Å². The highest BCUT2D eigenvalue weighted by Gasteiger charge is 2.37. The lowest BCUT2D eigenvalue weighted by molar-refractivity contribution is 0.0254. The van der Waals surface area contributed by atoms with Crippen LogP contribution in [0.25, 0.3) is 5.65 Å². The number of anilines is 2. The summed E-state index contributed by atoms with van der Waals surface area (Å²) in [5, 5.41) is 0. The van der Waals surface area contributed by atoms with Gasteiger partial charge in [0.05, 0.1) is 24.9 Å². The van der Waals surface area contributed by atoms with Gasteiger partial charge in [-0.05, 0) is 19.3 Å². The van der Waals surface area contributed by atoms with Crippen LogP contribution >= 0.6 is 0 Å². The molecule has 1 saturated heterocycles. The second-order valence-corrected chi connectivity index (χ2v) is 5.35. The molecule has 3 N–H and O–H groups in total. The van der Waals surface area contributed by atoms with E-state index in [-0.39, 0.29) is 0 Å². The number of fused-ring (bicyclic) bond motifs is 2. The first-order valence-electron chi connectivity index (χ1n) is 7.05. The fourth-order valence-electron chi connectivity index (χ4n) is 3.37. The number of hydrogen-bond acceptors (Lipinski definition) is 6. The van der Waals surface area contributed by atoms with Crippen molar-refractivity contribution in [1.82, 2.24) is 14.4 Å². The molecule has 7 nitrogen and oxygen atoms in total. The van der Waals surface area contributed by atoms with E-state index < -0.39 is 0 Å². The molecule has 0 amide bonds. The Morgan fingerprint density at radius 3 is 3.25 bits per heavy atom. The number of nitrogen functional groups attached to an aromatic ring is 1. The van der Waals surface area contributed by atoms with Crippen molar-refractivity contribution in [2.45, 2.75) is 31.4 Å². The first-order chi connectivity index (χ1) is 9.86. The molecule has 0 radical (unpaired) electrons. The van der Waals surface area contributed by atoms with Crippen LogP contribution in [0.3, 0.4) is 0 Å². The summed E-state index contributed by atoms with van der Waals surface area (Å²) in [4.78, 5) is 11.4. The van der Waals surface area contributed by atoms with E-state index in [1.807, 2.05) is 16.8 Å². The average molecular weight is 274 g/mol. The number of imidazole rings is 1. The third kappa shape index (κ3) is 1.74. The molecule has 2 aromatic rings. The van der Waals surface area contributed by atoms with Crippen LogP contribution in [0.15, 0.2) is 18.6 Å². The fraction of sp³-hybridized carbons (Fsp3) is 0.538. The van der Waals surface area contributed by atoms with Gasteiger partial charge in [-0.3, -0.25) is 0 Å². The molecule has 1 saturated carbocycles. The van der Waals surface area contributed by atoms with E-state index in [1.165, 1.54) is 6.42 Å². The van der Waals surface area contributed by atoms with Crippen molar-refractivity contribution in [1.29, 1.82) is 0 Å². The van der Waals surface area contributed by atoms with Gasteiger partial charge in [-0.2, -0.15) is 0 Å².